The molecule has 0 bridgehead atoms. The Morgan fingerprint density at radius 3 is 2.61 bits per heavy atom. The molecule has 0 radical (unpaired) electrons. The van der Waals surface area contributed by atoms with Crippen LogP contribution in [0.3, 0.4) is 0 Å². The van der Waals surface area contributed by atoms with Crippen LogP contribution in [-0.2, 0) is 10.0 Å². The molecule has 0 saturated heterocycles. The van der Waals surface area contributed by atoms with E-state index in [4.69, 9.17) is 14.2 Å². The number of aromatic nitrogens is 1. The first kappa shape index (κ1) is 20.0. The number of nitrogens with one attached hydrogen (secondary N) is 2. The van der Waals surface area contributed by atoms with Crippen molar-refractivity contribution in [3.8, 4) is 17.2 Å². The van der Waals surface area contributed by atoms with Gasteiger partial charge < -0.3 is 14.2 Å². The zero-order valence-corrected chi connectivity index (χ0v) is 18.1. The van der Waals surface area contributed by atoms with E-state index >= 15 is 0 Å². The standard InChI is InChI=1S/C20H19N3O6S2/c1-27-14-5-2-11(8-18(14)31(25,26)23-12-3-4-12)19(24)22-20-21-13-9-15-16(10-17(13)30-20)29-7-6-28-15/h2,5,8-10,12,23H,3-4,6-7H2,1H3,(H,21,22,24). The second-order valence-corrected chi connectivity index (χ2v) is 9.91. The molecule has 11 heteroatoms. The number of ether oxygens (including phenoxy) is 3. The molecule has 2 aromatic carbocycles. The molecule has 3 aromatic rings. The van der Waals surface area contributed by atoms with E-state index < -0.39 is 15.9 Å². The molecule has 0 spiro atoms. The molecule has 1 amide bonds. The molecule has 1 aliphatic carbocycles. The highest BCUT2D eigenvalue weighted by Gasteiger charge is 2.30. The first-order chi connectivity index (χ1) is 14.9. The summed E-state index contributed by atoms with van der Waals surface area (Å²) in [6, 6.07) is 7.84. The van der Waals surface area contributed by atoms with Crippen molar-refractivity contribution in [2.45, 2.75) is 23.8 Å². The zero-order chi connectivity index (χ0) is 21.6. The Bertz CT molecular complexity index is 1240. The maximum atomic E-state index is 12.8. The monoisotopic (exact) mass is 461 g/mol. The zero-order valence-electron chi connectivity index (χ0n) is 16.5. The molecule has 9 nitrogen and oxygen atoms in total. The average molecular weight is 462 g/mol. The molecule has 1 saturated carbocycles. The van der Waals surface area contributed by atoms with Gasteiger partial charge in [0.1, 0.15) is 23.9 Å². The van der Waals surface area contributed by atoms with E-state index in [9.17, 15) is 13.2 Å². The Hall–Kier alpha value is -2.89. The third kappa shape index (κ3) is 4.03. The molecule has 2 aliphatic rings. The van der Waals surface area contributed by atoms with E-state index in [1.54, 1.807) is 6.07 Å². The number of methoxy groups -OCH3 is 1. The summed E-state index contributed by atoms with van der Waals surface area (Å²) in [5, 5.41) is 3.13. The van der Waals surface area contributed by atoms with Gasteiger partial charge in [0.05, 0.1) is 17.3 Å². The lowest BCUT2D eigenvalue weighted by molar-refractivity contribution is 0.102. The predicted octanol–water partition coefficient (Wildman–Crippen LogP) is 2.77. The van der Waals surface area contributed by atoms with Crippen molar-refractivity contribution < 1.29 is 27.4 Å². The lowest BCUT2D eigenvalue weighted by Crippen LogP contribution is -2.26. The van der Waals surface area contributed by atoms with Crippen LogP contribution in [0, 0.1) is 0 Å². The number of amides is 1. The summed E-state index contributed by atoms with van der Waals surface area (Å²) in [4.78, 5) is 17.2. The Kier molecular flexibility index (Phi) is 4.95. The van der Waals surface area contributed by atoms with Crippen molar-refractivity contribution in [3.05, 3.63) is 35.9 Å². The number of anilines is 1. The van der Waals surface area contributed by atoms with Crippen LogP contribution in [0.25, 0.3) is 10.2 Å². The van der Waals surface area contributed by atoms with Crippen molar-refractivity contribution in [2.24, 2.45) is 0 Å². The second kappa shape index (κ2) is 7.66. The summed E-state index contributed by atoms with van der Waals surface area (Å²) in [6.45, 7) is 0.962. The van der Waals surface area contributed by atoms with Crippen LogP contribution in [0.5, 0.6) is 17.2 Å². The van der Waals surface area contributed by atoms with Gasteiger partial charge in [-0.1, -0.05) is 11.3 Å². The fraction of sp³-hybridized carbons (Fsp3) is 0.300. The smallest absolute Gasteiger partial charge is 0.257 e. The van der Waals surface area contributed by atoms with Gasteiger partial charge in [-0.2, -0.15) is 0 Å². The summed E-state index contributed by atoms with van der Waals surface area (Å²) in [5.74, 6) is 0.973. The minimum absolute atomic E-state index is 0.0614. The van der Waals surface area contributed by atoms with Gasteiger partial charge in [0, 0.05) is 23.7 Å². The van der Waals surface area contributed by atoms with Crippen molar-refractivity contribution in [2.75, 3.05) is 25.6 Å². The van der Waals surface area contributed by atoms with Crippen LogP contribution in [0.1, 0.15) is 23.2 Å². The number of fused-ring (bicyclic) bond motifs is 2. The molecule has 2 N–H and O–H groups in total. The summed E-state index contributed by atoms with van der Waals surface area (Å²) in [6.07, 6.45) is 1.61. The molecular formula is C20H19N3O6S2. The van der Waals surface area contributed by atoms with E-state index in [0.29, 0.717) is 35.4 Å². The third-order valence-electron chi connectivity index (χ3n) is 4.89. The normalized spacial score (nSPS) is 15.6. The van der Waals surface area contributed by atoms with Crippen LogP contribution in [0.2, 0.25) is 0 Å². The quantitative estimate of drug-likeness (QED) is 0.580. The van der Waals surface area contributed by atoms with E-state index in [1.165, 1.54) is 36.6 Å². The lowest BCUT2D eigenvalue weighted by Gasteiger charge is -2.17. The summed E-state index contributed by atoms with van der Waals surface area (Å²) < 4.78 is 45.2. The molecule has 1 aromatic heterocycles. The Morgan fingerprint density at radius 1 is 1.16 bits per heavy atom. The number of hydrogen-bond donors (Lipinski definition) is 2. The number of thiazole rings is 1. The van der Waals surface area contributed by atoms with Gasteiger partial charge >= 0.3 is 0 Å². The van der Waals surface area contributed by atoms with Crippen LogP contribution < -0.4 is 24.2 Å². The van der Waals surface area contributed by atoms with Gasteiger partial charge in [-0.25, -0.2) is 18.1 Å². The van der Waals surface area contributed by atoms with E-state index in [1.807, 2.05) is 6.07 Å². The van der Waals surface area contributed by atoms with Crippen molar-refractivity contribution in [1.82, 2.24) is 9.71 Å². The van der Waals surface area contributed by atoms with Gasteiger partial charge in [0.2, 0.25) is 10.0 Å². The van der Waals surface area contributed by atoms with Gasteiger partial charge in [0.25, 0.3) is 5.91 Å². The van der Waals surface area contributed by atoms with E-state index in [2.05, 4.69) is 15.0 Å². The Balaban J connectivity index is 1.41. The third-order valence-corrected chi connectivity index (χ3v) is 7.36. The Labute approximate surface area is 182 Å². The van der Waals surface area contributed by atoms with E-state index in [-0.39, 0.29) is 22.3 Å². The van der Waals surface area contributed by atoms with Crippen molar-refractivity contribution in [3.63, 3.8) is 0 Å². The summed E-state index contributed by atoms with van der Waals surface area (Å²) >= 11 is 1.29. The summed E-state index contributed by atoms with van der Waals surface area (Å²) in [5.41, 5.74) is 0.860. The topological polar surface area (TPSA) is 116 Å². The number of rotatable bonds is 6. The fourth-order valence-corrected chi connectivity index (χ4v) is 5.57. The van der Waals surface area contributed by atoms with Gasteiger partial charge in [-0.15, -0.1) is 0 Å². The van der Waals surface area contributed by atoms with Crippen LogP contribution >= 0.6 is 11.3 Å². The number of nitrogens with zero attached hydrogens (tertiary/aromatic N) is 1. The maximum Gasteiger partial charge on any atom is 0.257 e. The number of benzene rings is 2. The van der Waals surface area contributed by atoms with E-state index in [0.717, 1.165) is 17.5 Å². The van der Waals surface area contributed by atoms with Crippen LogP contribution in [-0.4, -0.2) is 45.7 Å². The van der Waals surface area contributed by atoms with Gasteiger partial charge in [-0.3, -0.25) is 10.1 Å². The summed E-state index contributed by atoms with van der Waals surface area (Å²) in [7, 11) is -2.41. The molecule has 1 aliphatic heterocycles. The molecule has 5 rings (SSSR count). The molecular weight excluding hydrogens is 442 g/mol. The Morgan fingerprint density at radius 2 is 1.90 bits per heavy atom. The predicted molar refractivity (Wildman–Crippen MR) is 115 cm³/mol. The van der Waals surface area contributed by atoms with Crippen LogP contribution in [0.4, 0.5) is 5.13 Å². The molecule has 31 heavy (non-hydrogen) atoms. The SMILES string of the molecule is COc1ccc(C(=O)Nc2nc3cc4c(cc3s2)OCCO4)cc1S(=O)(=O)NC1CC1. The number of carbonyl (C=O) groups is 1. The molecule has 1 fully saturated rings. The molecule has 2 heterocycles. The number of sulfonamides is 1. The molecule has 0 unspecified atom stereocenters. The lowest BCUT2D eigenvalue weighted by atomic mass is 10.2. The number of carbonyl (C=O) groups excluding carboxylic acids is 1. The highest BCUT2D eigenvalue weighted by Crippen LogP contribution is 2.38. The largest absolute Gasteiger partial charge is 0.495 e. The molecule has 0 atom stereocenters. The molecule has 162 valence electrons. The highest BCUT2D eigenvalue weighted by atomic mass is 32.2. The van der Waals surface area contributed by atoms with Gasteiger partial charge in [0.15, 0.2) is 16.6 Å². The maximum absolute atomic E-state index is 12.8. The van der Waals surface area contributed by atoms with Crippen molar-refractivity contribution in [1.29, 1.82) is 0 Å². The highest BCUT2D eigenvalue weighted by molar-refractivity contribution is 7.89. The number of hydrogen-bond acceptors (Lipinski definition) is 8. The van der Waals surface area contributed by atoms with Crippen LogP contribution in [0.15, 0.2) is 35.2 Å². The second-order valence-electron chi connectivity index (χ2n) is 7.20. The minimum Gasteiger partial charge on any atom is -0.495 e. The van der Waals surface area contributed by atoms with Gasteiger partial charge in [-0.05, 0) is 31.0 Å². The first-order valence-electron chi connectivity index (χ1n) is 9.65. The van der Waals surface area contributed by atoms with Crippen molar-refractivity contribution >= 4 is 42.6 Å². The first-order valence-corrected chi connectivity index (χ1v) is 11.9. The average Bonchev–Trinajstić information content (AvgIpc) is 3.48. The minimum atomic E-state index is -3.79. The fourth-order valence-electron chi connectivity index (χ4n) is 3.20.